The van der Waals surface area contributed by atoms with Gasteiger partial charge < -0.3 is 5.43 Å². The maximum absolute atomic E-state index is 4.22. The molecule has 2 N–H and O–H groups in total. The Labute approximate surface area is 49.2 Å². The molecule has 0 aliphatic carbocycles. The molecule has 1 rings (SSSR count). The molecule has 1 aliphatic rings. The van der Waals surface area contributed by atoms with Gasteiger partial charge in [-0.25, -0.2) is 10.4 Å². The molecule has 3 nitrogen and oxygen atoms in total. The molecule has 0 aromatic rings. The number of nitrogens with zero attached hydrogens (tertiary/aromatic N) is 1. The predicted molar refractivity (Wildman–Crippen MR) is 33.5 cm³/mol. The molecule has 0 fully saturated rings. The Kier molecular flexibility index (Phi) is 1.01. The summed E-state index contributed by atoms with van der Waals surface area (Å²) >= 11 is 0. The number of hydrazine groups is 1. The van der Waals surface area contributed by atoms with Crippen LogP contribution in [0.4, 0.5) is 0 Å². The van der Waals surface area contributed by atoms with Crippen molar-refractivity contribution in [2.24, 2.45) is 4.99 Å². The summed E-state index contributed by atoms with van der Waals surface area (Å²) in [6, 6.07) is 0. The van der Waals surface area contributed by atoms with E-state index >= 15 is 0 Å². The maximum atomic E-state index is 4.22. The van der Waals surface area contributed by atoms with E-state index in [0.717, 1.165) is 5.84 Å². The molecule has 0 unspecified atom stereocenters. The summed E-state index contributed by atoms with van der Waals surface area (Å²) in [4.78, 5) is 4.22. The number of rotatable bonds is 0. The van der Waals surface area contributed by atoms with Crippen LogP contribution in [-0.4, -0.2) is 11.5 Å². The van der Waals surface area contributed by atoms with Crippen molar-refractivity contribution in [3.63, 3.8) is 0 Å². The summed E-state index contributed by atoms with van der Waals surface area (Å²) in [7, 11) is 0. The molecule has 46 valence electrons. The van der Waals surface area contributed by atoms with Gasteiger partial charge in [0.2, 0.25) is 0 Å². The molecule has 8 heavy (non-hydrogen) atoms. The topological polar surface area (TPSA) is 36.4 Å². The van der Waals surface area contributed by atoms with Gasteiger partial charge in [-0.05, 0) is 20.8 Å². The van der Waals surface area contributed by atoms with Crippen molar-refractivity contribution in [2.75, 3.05) is 0 Å². The van der Waals surface area contributed by atoms with Gasteiger partial charge in [0.15, 0.2) is 0 Å². The van der Waals surface area contributed by atoms with Gasteiger partial charge in [-0.2, -0.15) is 0 Å². The van der Waals surface area contributed by atoms with Gasteiger partial charge >= 0.3 is 0 Å². The number of amidine groups is 1. The van der Waals surface area contributed by atoms with Crippen molar-refractivity contribution < 1.29 is 0 Å². The highest BCUT2D eigenvalue weighted by molar-refractivity contribution is 5.80. The van der Waals surface area contributed by atoms with E-state index in [9.17, 15) is 0 Å². The molecule has 0 radical (unpaired) electrons. The van der Waals surface area contributed by atoms with Crippen LogP contribution in [0.5, 0.6) is 0 Å². The van der Waals surface area contributed by atoms with E-state index in [1.807, 2.05) is 20.8 Å². The number of hydrogen-bond acceptors (Lipinski definition) is 3. The van der Waals surface area contributed by atoms with Crippen molar-refractivity contribution in [1.29, 1.82) is 0 Å². The van der Waals surface area contributed by atoms with Gasteiger partial charge in [-0.1, -0.05) is 0 Å². The van der Waals surface area contributed by atoms with Gasteiger partial charge in [-0.3, -0.25) is 0 Å². The Bertz CT molecular complexity index is 126. The van der Waals surface area contributed by atoms with Crippen molar-refractivity contribution in [3.8, 4) is 0 Å². The maximum Gasteiger partial charge on any atom is 0.123 e. The molecular formula is C5H11N3. The van der Waals surface area contributed by atoms with Crippen LogP contribution in [0.3, 0.4) is 0 Å². The predicted octanol–water partition coefficient (Wildman–Crippen LogP) is 0.249. The van der Waals surface area contributed by atoms with Crippen molar-refractivity contribution in [1.82, 2.24) is 10.9 Å². The SMILES string of the molecule is CC1=NC(C)(C)NN1. The first-order valence-electron chi connectivity index (χ1n) is 2.70. The second kappa shape index (κ2) is 1.45. The van der Waals surface area contributed by atoms with Gasteiger partial charge in [0.05, 0.1) is 0 Å². The molecule has 0 bridgehead atoms. The van der Waals surface area contributed by atoms with E-state index in [1.165, 1.54) is 0 Å². The summed E-state index contributed by atoms with van der Waals surface area (Å²) in [5, 5.41) is 0. The molecule has 0 aromatic carbocycles. The summed E-state index contributed by atoms with van der Waals surface area (Å²) in [6.07, 6.45) is 0. The highest BCUT2D eigenvalue weighted by Gasteiger charge is 2.19. The van der Waals surface area contributed by atoms with Crippen LogP contribution >= 0.6 is 0 Å². The summed E-state index contributed by atoms with van der Waals surface area (Å²) in [5.74, 6) is 0.954. The highest BCUT2D eigenvalue weighted by atomic mass is 15.5. The molecule has 0 spiro atoms. The first-order chi connectivity index (χ1) is 3.60. The Morgan fingerprint density at radius 2 is 2.12 bits per heavy atom. The second-order valence-corrected chi connectivity index (χ2v) is 2.51. The van der Waals surface area contributed by atoms with E-state index in [-0.39, 0.29) is 5.66 Å². The fraction of sp³-hybridized carbons (Fsp3) is 0.800. The van der Waals surface area contributed by atoms with E-state index in [0.29, 0.717) is 0 Å². The molecule has 0 saturated heterocycles. The second-order valence-electron chi connectivity index (χ2n) is 2.51. The van der Waals surface area contributed by atoms with E-state index in [2.05, 4.69) is 15.8 Å². The largest absolute Gasteiger partial charge is 0.308 e. The fourth-order valence-electron chi connectivity index (χ4n) is 0.719. The third kappa shape index (κ3) is 0.980. The molecule has 0 saturated carbocycles. The number of nitrogens with one attached hydrogen (secondary N) is 2. The van der Waals surface area contributed by atoms with Crippen molar-refractivity contribution >= 4 is 5.84 Å². The lowest BCUT2D eigenvalue weighted by Crippen LogP contribution is -2.40. The average Bonchev–Trinajstić information content (AvgIpc) is 1.82. The minimum atomic E-state index is -0.107. The number of aliphatic imine (C=N–C) groups is 1. The van der Waals surface area contributed by atoms with Crippen LogP contribution < -0.4 is 10.9 Å². The summed E-state index contributed by atoms with van der Waals surface area (Å²) in [6.45, 7) is 5.95. The first-order valence-corrected chi connectivity index (χ1v) is 2.70. The zero-order valence-corrected chi connectivity index (χ0v) is 5.45. The Hall–Kier alpha value is -0.570. The standard InChI is InChI=1S/C5H11N3/c1-4-6-5(2,3)8-7-4/h8H,1-3H3,(H,6,7). The first kappa shape index (κ1) is 5.56. The monoisotopic (exact) mass is 113 g/mol. The molecule has 0 atom stereocenters. The normalized spacial score (nSPS) is 24.6. The van der Waals surface area contributed by atoms with Crippen LogP contribution in [0, 0.1) is 0 Å². The van der Waals surface area contributed by atoms with E-state index in [4.69, 9.17) is 0 Å². The van der Waals surface area contributed by atoms with Gasteiger partial charge in [-0.15, -0.1) is 0 Å². The molecule has 0 aromatic heterocycles. The third-order valence-electron chi connectivity index (χ3n) is 0.997. The zero-order valence-electron chi connectivity index (χ0n) is 5.45. The summed E-state index contributed by atoms with van der Waals surface area (Å²) in [5.41, 5.74) is 5.79. The van der Waals surface area contributed by atoms with Crippen LogP contribution in [0.2, 0.25) is 0 Å². The van der Waals surface area contributed by atoms with Crippen molar-refractivity contribution in [2.45, 2.75) is 26.4 Å². The third-order valence-corrected chi connectivity index (χ3v) is 0.997. The Morgan fingerprint density at radius 1 is 1.50 bits per heavy atom. The highest BCUT2D eigenvalue weighted by Crippen LogP contribution is 2.05. The molecule has 0 amide bonds. The fourth-order valence-corrected chi connectivity index (χ4v) is 0.719. The molecular weight excluding hydrogens is 102 g/mol. The van der Waals surface area contributed by atoms with Gasteiger partial charge in [0.1, 0.15) is 11.5 Å². The Morgan fingerprint density at radius 3 is 2.25 bits per heavy atom. The van der Waals surface area contributed by atoms with Crippen molar-refractivity contribution in [3.05, 3.63) is 0 Å². The molecule has 3 heteroatoms. The smallest absolute Gasteiger partial charge is 0.123 e. The average molecular weight is 113 g/mol. The quantitative estimate of drug-likeness (QED) is 0.472. The van der Waals surface area contributed by atoms with E-state index in [1.54, 1.807) is 0 Å². The minimum Gasteiger partial charge on any atom is -0.308 e. The van der Waals surface area contributed by atoms with Gasteiger partial charge in [0, 0.05) is 0 Å². The zero-order chi connectivity index (χ0) is 6.20. The number of hydrogen-bond donors (Lipinski definition) is 2. The summed E-state index contributed by atoms with van der Waals surface area (Å²) < 4.78 is 0. The van der Waals surface area contributed by atoms with E-state index < -0.39 is 0 Å². The Balaban J connectivity index is 2.67. The lowest BCUT2D eigenvalue weighted by Gasteiger charge is -2.11. The molecule has 1 aliphatic heterocycles. The van der Waals surface area contributed by atoms with Crippen LogP contribution in [0.1, 0.15) is 20.8 Å². The van der Waals surface area contributed by atoms with Gasteiger partial charge in [0.25, 0.3) is 0 Å². The lowest BCUT2D eigenvalue weighted by atomic mass is 10.3. The molecule has 1 heterocycles. The lowest BCUT2D eigenvalue weighted by molar-refractivity contribution is 0.422. The minimum absolute atomic E-state index is 0.107. The van der Waals surface area contributed by atoms with Crippen LogP contribution in [0.25, 0.3) is 0 Å². The van der Waals surface area contributed by atoms with Crippen LogP contribution in [0.15, 0.2) is 4.99 Å². The van der Waals surface area contributed by atoms with Crippen LogP contribution in [-0.2, 0) is 0 Å².